The summed E-state index contributed by atoms with van der Waals surface area (Å²) in [5.74, 6) is 0.375. The van der Waals surface area contributed by atoms with E-state index in [1.54, 1.807) is 6.07 Å². The van der Waals surface area contributed by atoms with E-state index in [1.165, 1.54) is 0 Å². The molecule has 1 aliphatic heterocycles. The molecule has 1 saturated heterocycles. The summed E-state index contributed by atoms with van der Waals surface area (Å²) in [6, 6.07) is 7.41. The Labute approximate surface area is 71.8 Å². The number of benzene rings is 1. The van der Waals surface area contributed by atoms with Gasteiger partial charge in [-0.25, -0.2) is 0 Å². The summed E-state index contributed by atoms with van der Waals surface area (Å²) in [6.45, 7) is 2.05. The molecule has 0 radical (unpaired) electrons. The number of hydrogen-bond acceptors (Lipinski definition) is 2. The zero-order valence-corrected chi connectivity index (χ0v) is 7.03. The second-order valence-corrected chi connectivity index (χ2v) is 3.21. The molecule has 2 heteroatoms. The van der Waals surface area contributed by atoms with Crippen LogP contribution in [0.15, 0.2) is 24.3 Å². The number of epoxide rings is 1. The Kier molecular flexibility index (Phi) is 1.77. The molecule has 0 unspecified atom stereocenters. The Hall–Kier alpha value is -1.02. The molecule has 1 aliphatic rings. The molecule has 1 aromatic carbocycles. The molecule has 0 aliphatic carbocycles. The van der Waals surface area contributed by atoms with Crippen molar-refractivity contribution in [2.24, 2.45) is 0 Å². The summed E-state index contributed by atoms with van der Waals surface area (Å²) >= 11 is 0. The Morgan fingerprint density at radius 1 is 1.42 bits per heavy atom. The Bertz CT molecular complexity index is 283. The summed E-state index contributed by atoms with van der Waals surface area (Å²) in [7, 11) is 0. The van der Waals surface area contributed by atoms with Gasteiger partial charge in [0, 0.05) is 6.42 Å². The van der Waals surface area contributed by atoms with Gasteiger partial charge in [-0.1, -0.05) is 18.2 Å². The van der Waals surface area contributed by atoms with Gasteiger partial charge < -0.3 is 9.84 Å². The van der Waals surface area contributed by atoms with E-state index in [1.807, 2.05) is 25.1 Å². The molecular formula is C10H12O2. The quantitative estimate of drug-likeness (QED) is 0.675. The highest BCUT2D eigenvalue weighted by atomic mass is 16.6. The van der Waals surface area contributed by atoms with E-state index in [2.05, 4.69) is 0 Å². The van der Waals surface area contributed by atoms with Crippen molar-refractivity contribution in [2.75, 3.05) is 0 Å². The standard InChI is InChI=1S/C10H12O2/c1-7-10(12-7)6-8-4-2-3-5-9(8)11/h2-5,7,10-11H,6H2,1H3/t7-,10-/m0/s1. The van der Waals surface area contributed by atoms with Gasteiger partial charge in [0.15, 0.2) is 0 Å². The zero-order valence-electron chi connectivity index (χ0n) is 7.03. The van der Waals surface area contributed by atoms with Crippen molar-refractivity contribution in [2.45, 2.75) is 25.6 Å². The van der Waals surface area contributed by atoms with Crippen LogP contribution in [-0.4, -0.2) is 17.3 Å². The van der Waals surface area contributed by atoms with Crippen molar-refractivity contribution in [3.8, 4) is 5.75 Å². The minimum Gasteiger partial charge on any atom is -0.508 e. The van der Waals surface area contributed by atoms with Crippen LogP contribution >= 0.6 is 0 Å². The van der Waals surface area contributed by atoms with Crippen molar-refractivity contribution in [3.05, 3.63) is 29.8 Å². The minimum atomic E-state index is 0.318. The second-order valence-electron chi connectivity index (χ2n) is 3.21. The van der Waals surface area contributed by atoms with E-state index < -0.39 is 0 Å². The minimum absolute atomic E-state index is 0.318. The van der Waals surface area contributed by atoms with Gasteiger partial charge in [0.2, 0.25) is 0 Å². The smallest absolute Gasteiger partial charge is 0.118 e. The molecule has 64 valence electrons. The molecular weight excluding hydrogens is 152 g/mol. The van der Waals surface area contributed by atoms with Gasteiger partial charge >= 0.3 is 0 Å². The van der Waals surface area contributed by atoms with Gasteiger partial charge in [0.05, 0.1) is 12.2 Å². The normalized spacial score (nSPS) is 27.1. The third-order valence-electron chi connectivity index (χ3n) is 2.25. The fraction of sp³-hybridized carbons (Fsp3) is 0.400. The molecule has 1 fully saturated rings. The second kappa shape index (κ2) is 2.79. The summed E-state index contributed by atoms with van der Waals surface area (Å²) in [4.78, 5) is 0. The lowest BCUT2D eigenvalue weighted by Crippen LogP contribution is -1.95. The number of phenolic OH excluding ortho intramolecular Hbond substituents is 1. The van der Waals surface area contributed by atoms with Crippen LogP contribution in [0.5, 0.6) is 5.75 Å². The van der Waals surface area contributed by atoms with Gasteiger partial charge in [-0.3, -0.25) is 0 Å². The largest absolute Gasteiger partial charge is 0.508 e. The van der Waals surface area contributed by atoms with E-state index in [-0.39, 0.29) is 0 Å². The van der Waals surface area contributed by atoms with Crippen LogP contribution in [-0.2, 0) is 11.2 Å². The van der Waals surface area contributed by atoms with E-state index >= 15 is 0 Å². The Morgan fingerprint density at radius 2 is 2.08 bits per heavy atom. The summed E-state index contributed by atoms with van der Waals surface area (Å²) < 4.78 is 5.26. The molecule has 1 aromatic rings. The van der Waals surface area contributed by atoms with Gasteiger partial charge in [0.1, 0.15) is 5.75 Å². The first-order chi connectivity index (χ1) is 5.77. The van der Waals surface area contributed by atoms with Crippen molar-refractivity contribution in [1.29, 1.82) is 0 Å². The Balaban J connectivity index is 2.08. The van der Waals surface area contributed by atoms with Crippen molar-refractivity contribution >= 4 is 0 Å². The van der Waals surface area contributed by atoms with Gasteiger partial charge in [0.25, 0.3) is 0 Å². The van der Waals surface area contributed by atoms with Crippen LogP contribution < -0.4 is 0 Å². The van der Waals surface area contributed by atoms with Crippen LogP contribution in [0, 0.1) is 0 Å². The van der Waals surface area contributed by atoms with Crippen LogP contribution in [0.4, 0.5) is 0 Å². The highest BCUT2D eigenvalue weighted by molar-refractivity contribution is 5.32. The van der Waals surface area contributed by atoms with E-state index in [0.29, 0.717) is 18.0 Å². The topological polar surface area (TPSA) is 32.8 Å². The van der Waals surface area contributed by atoms with Gasteiger partial charge in [-0.2, -0.15) is 0 Å². The molecule has 0 bridgehead atoms. The zero-order chi connectivity index (χ0) is 8.55. The molecule has 0 spiro atoms. The molecule has 1 N–H and O–H groups in total. The number of phenols is 1. The number of rotatable bonds is 2. The Morgan fingerprint density at radius 3 is 2.67 bits per heavy atom. The van der Waals surface area contributed by atoms with Crippen molar-refractivity contribution in [1.82, 2.24) is 0 Å². The van der Waals surface area contributed by atoms with E-state index in [0.717, 1.165) is 12.0 Å². The fourth-order valence-electron chi connectivity index (χ4n) is 1.34. The third-order valence-corrected chi connectivity index (χ3v) is 2.25. The first-order valence-electron chi connectivity index (χ1n) is 4.19. The number of ether oxygens (including phenoxy) is 1. The fourth-order valence-corrected chi connectivity index (χ4v) is 1.34. The lowest BCUT2D eigenvalue weighted by Gasteiger charge is -2.00. The number of hydrogen-bond donors (Lipinski definition) is 1. The summed E-state index contributed by atoms with van der Waals surface area (Å²) in [6.07, 6.45) is 1.51. The average Bonchev–Trinajstić information content (AvgIpc) is 2.72. The maximum absolute atomic E-state index is 9.42. The molecule has 1 heterocycles. The summed E-state index contributed by atoms with van der Waals surface area (Å²) in [5.41, 5.74) is 0.979. The van der Waals surface area contributed by atoms with Crippen LogP contribution in [0.1, 0.15) is 12.5 Å². The average molecular weight is 164 g/mol. The molecule has 2 atom stereocenters. The van der Waals surface area contributed by atoms with Crippen LogP contribution in [0.25, 0.3) is 0 Å². The molecule has 0 amide bonds. The van der Waals surface area contributed by atoms with E-state index in [4.69, 9.17) is 4.74 Å². The molecule has 0 saturated carbocycles. The molecule has 2 nitrogen and oxygen atoms in total. The third kappa shape index (κ3) is 1.43. The van der Waals surface area contributed by atoms with E-state index in [9.17, 15) is 5.11 Å². The summed E-state index contributed by atoms with van der Waals surface area (Å²) in [5, 5.41) is 9.42. The van der Waals surface area contributed by atoms with Crippen molar-refractivity contribution in [3.63, 3.8) is 0 Å². The first kappa shape index (κ1) is 7.62. The lowest BCUT2D eigenvalue weighted by molar-refractivity contribution is 0.375. The first-order valence-corrected chi connectivity index (χ1v) is 4.19. The van der Waals surface area contributed by atoms with Crippen LogP contribution in [0.3, 0.4) is 0 Å². The van der Waals surface area contributed by atoms with Gasteiger partial charge in [-0.05, 0) is 18.6 Å². The highest BCUT2D eigenvalue weighted by Gasteiger charge is 2.34. The lowest BCUT2D eigenvalue weighted by atomic mass is 10.1. The molecule has 0 aromatic heterocycles. The predicted octanol–water partition coefficient (Wildman–Crippen LogP) is 1.72. The SMILES string of the molecule is C[C@@H]1O[C@H]1Cc1ccccc1O. The van der Waals surface area contributed by atoms with Crippen molar-refractivity contribution < 1.29 is 9.84 Å². The van der Waals surface area contributed by atoms with Crippen LogP contribution in [0.2, 0.25) is 0 Å². The highest BCUT2D eigenvalue weighted by Crippen LogP contribution is 2.28. The number of aromatic hydroxyl groups is 1. The maximum Gasteiger partial charge on any atom is 0.118 e. The van der Waals surface area contributed by atoms with Gasteiger partial charge in [-0.15, -0.1) is 0 Å². The number of para-hydroxylation sites is 1. The molecule has 2 rings (SSSR count). The maximum atomic E-state index is 9.42. The monoisotopic (exact) mass is 164 g/mol. The molecule has 12 heavy (non-hydrogen) atoms. The predicted molar refractivity (Wildman–Crippen MR) is 46.1 cm³/mol.